The normalized spacial score (nSPS) is 10.6. The number of nitrogens with zero attached hydrogens (tertiary/aromatic N) is 1. The summed E-state index contributed by atoms with van der Waals surface area (Å²) in [6, 6.07) is 9.06. The van der Waals surface area contributed by atoms with Crippen molar-refractivity contribution in [2.75, 3.05) is 12.8 Å². The number of benzene rings is 1. The molecule has 3 rings (SSSR count). The van der Waals surface area contributed by atoms with Crippen LogP contribution in [0.15, 0.2) is 42.7 Å². The summed E-state index contributed by atoms with van der Waals surface area (Å²) >= 11 is 0. The number of methoxy groups -OCH3 is 1. The maximum absolute atomic E-state index is 5.85. The van der Waals surface area contributed by atoms with Crippen molar-refractivity contribution in [3.05, 3.63) is 42.7 Å². The van der Waals surface area contributed by atoms with Gasteiger partial charge in [0.05, 0.1) is 18.2 Å². The number of hydrogen-bond acceptors (Lipinski definition) is 4. The Morgan fingerprint density at radius 2 is 2.05 bits per heavy atom. The molecule has 0 aliphatic carbocycles. The predicted molar refractivity (Wildman–Crippen MR) is 73.6 cm³/mol. The zero-order chi connectivity index (χ0) is 13.2. The molecule has 2 heterocycles. The van der Waals surface area contributed by atoms with E-state index in [1.54, 1.807) is 31.5 Å². The van der Waals surface area contributed by atoms with Gasteiger partial charge < -0.3 is 20.2 Å². The van der Waals surface area contributed by atoms with Crippen LogP contribution in [0.25, 0.3) is 11.0 Å². The number of ether oxygens (including phenoxy) is 2. The number of nitrogens with one attached hydrogen (secondary N) is 1. The fourth-order valence-corrected chi connectivity index (χ4v) is 1.91. The quantitative estimate of drug-likeness (QED) is 0.706. The Morgan fingerprint density at radius 1 is 1.16 bits per heavy atom. The third-order valence-corrected chi connectivity index (χ3v) is 2.85. The average Bonchev–Trinajstić information content (AvgIpc) is 2.90. The molecule has 0 fully saturated rings. The predicted octanol–water partition coefficient (Wildman–Crippen LogP) is 2.95. The van der Waals surface area contributed by atoms with Crippen molar-refractivity contribution in [3.8, 4) is 17.2 Å². The van der Waals surface area contributed by atoms with Crippen LogP contribution < -0.4 is 15.2 Å². The van der Waals surface area contributed by atoms with Gasteiger partial charge in [-0.05, 0) is 24.3 Å². The highest BCUT2D eigenvalue weighted by molar-refractivity contribution is 5.82. The zero-order valence-electron chi connectivity index (χ0n) is 10.4. The van der Waals surface area contributed by atoms with E-state index in [0.29, 0.717) is 17.2 Å². The lowest BCUT2D eigenvalue weighted by molar-refractivity contribution is 0.411. The number of aromatic amines is 1. The first kappa shape index (κ1) is 11.4. The molecule has 0 radical (unpaired) electrons. The summed E-state index contributed by atoms with van der Waals surface area (Å²) in [4.78, 5) is 7.25. The second-order valence-electron chi connectivity index (χ2n) is 4.05. The maximum Gasteiger partial charge on any atom is 0.145 e. The summed E-state index contributed by atoms with van der Waals surface area (Å²) in [5, 5.41) is 0.929. The maximum atomic E-state index is 5.85. The molecule has 2 aromatic heterocycles. The van der Waals surface area contributed by atoms with Crippen LogP contribution in [0.4, 0.5) is 5.69 Å². The Morgan fingerprint density at radius 3 is 2.89 bits per heavy atom. The Balaban J connectivity index is 1.99. The number of hydrogen-bond donors (Lipinski definition) is 2. The second-order valence-corrected chi connectivity index (χ2v) is 4.05. The molecule has 0 spiro atoms. The number of H-pyrrole nitrogens is 1. The molecule has 0 atom stereocenters. The molecule has 0 bridgehead atoms. The topological polar surface area (TPSA) is 73.2 Å². The zero-order valence-corrected chi connectivity index (χ0v) is 10.4. The fraction of sp³-hybridized carbons (Fsp3) is 0.0714. The van der Waals surface area contributed by atoms with Gasteiger partial charge in [-0.15, -0.1) is 0 Å². The first-order valence-corrected chi connectivity index (χ1v) is 5.81. The molecule has 5 heteroatoms. The van der Waals surface area contributed by atoms with Crippen LogP contribution in [0.1, 0.15) is 0 Å². The van der Waals surface area contributed by atoms with Gasteiger partial charge in [0.2, 0.25) is 0 Å². The first-order valence-electron chi connectivity index (χ1n) is 5.81. The Kier molecular flexibility index (Phi) is 2.72. The van der Waals surface area contributed by atoms with Crippen LogP contribution in [0.3, 0.4) is 0 Å². The Hall–Kier alpha value is -2.69. The molecule has 19 heavy (non-hydrogen) atoms. The van der Waals surface area contributed by atoms with Crippen LogP contribution in [0.2, 0.25) is 0 Å². The van der Waals surface area contributed by atoms with Gasteiger partial charge in [-0.25, -0.2) is 4.98 Å². The van der Waals surface area contributed by atoms with Crippen LogP contribution in [-0.4, -0.2) is 17.1 Å². The van der Waals surface area contributed by atoms with Crippen LogP contribution in [-0.2, 0) is 0 Å². The van der Waals surface area contributed by atoms with Crippen molar-refractivity contribution >= 4 is 16.7 Å². The summed E-state index contributed by atoms with van der Waals surface area (Å²) in [5.41, 5.74) is 7.14. The van der Waals surface area contributed by atoms with Gasteiger partial charge in [-0.1, -0.05) is 0 Å². The molecule has 1 aromatic carbocycles. The van der Waals surface area contributed by atoms with Gasteiger partial charge in [0.1, 0.15) is 22.9 Å². The van der Waals surface area contributed by atoms with Gasteiger partial charge in [0.25, 0.3) is 0 Å². The molecule has 0 aliphatic heterocycles. The summed E-state index contributed by atoms with van der Waals surface area (Å²) in [7, 11) is 1.58. The third kappa shape index (κ3) is 2.06. The lowest BCUT2D eigenvalue weighted by atomic mass is 10.2. The number of rotatable bonds is 3. The molecule has 0 amide bonds. The summed E-state index contributed by atoms with van der Waals surface area (Å²) in [6.07, 6.45) is 3.52. The lowest BCUT2D eigenvalue weighted by Crippen LogP contribution is -1.93. The summed E-state index contributed by atoms with van der Waals surface area (Å²) in [5.74, 6) is 2.00. The molecule has 96 valence electrons. The molecular weight excluding hydrogens is 242 g/mol. The van der Waals surface area contributed by atoms with E-state index in [-0.39, 0.29) is 0 Å². The number of aromatic nitrogens is 2. The Labute approximate surface area is 110 Å². The average molecular weight is 255 g/mol. The molecule has 0 unspecified atom stereocenters. The van der Waals surface area contributed by atoms with Crippen molar-refractivity contribution in [2.24, 2.45) is 0 Å². The van der Waals surface area contributed by atoms with Crippen LogP contribution in [0.5, 0.6) is 17.2 Å². The number of anilines is 1. The SMILES string of the molecule is COc1cc(Oc2ccnc3[nH]ccc23)ccc1N. The van der Waals surface area contributed by atoms with Gasteiger partial charge in [0.15, 0.2) is 0 Å². The largest absolute Gasteiger partial charge is 0.494 e. The minimum Gasteiger partial charge on any atom is -0.494 e. The number of pyridine rings is 1. The van der Waals surface area contributed by atoms with E-state index >= 15 is 0 Å². The van der Waals surface area contributed by atoms with Gasteiger partial charge in [-0.2, -0.15) is 0 Å². The Bertz CT molecular complexity index is 722. The molecule has 5 nitrogen and oxygen atoms in total. The molecular formula is C14H13N3O2. The van der Waals surface area contributed by atoms with Crippen LogP contribution >= 0.6 is 0 Å². The minimum atomic E-state index is 0.580. The van der Waals surface area contributed by atoms with Crippen molar-refractivity contribution in [1.29, 1.82) is 0 Å². The monoisotopic (exact) mass is 255 g/mol. The van der Waals surface area contributed by atoms with E-state index in [9.17, 15) is 0 Å². The first-order chi connectivity index (χ1) is 9.28. The van der Waals surface area contributed by atoms with Crippen LogP contribution in [0, 0.1) is 0 Å². The highest BCUT2D eigenvalue weighted by Crippen LogP contribution is 2.32. The summed E-state index contributed by atoms with van der Waals surface area (Å²) in [6.45, 7) is 0. The van der Waals surface area contributed by atoms with E-state index in [2.05, 4.69) is 9.97 Å². The van der Waals surface area contributed by atoms with E-state index in [4.69, 9.17) is 15.2 Å². The van der Waals surface area contributed by atoms with E-state index in [1.807, 2.05) is 18.3 Å². The molecule has 3 aromatic rings. The molecule has 0 saturated carbocycles. The van der Waals surface area contributed by atoms with Gasteiger partial charge in [0, 0.05) is 18.5 Å². The van der Waals surface area contributed by atoms with E-state index in [1.165, 1.54) is 0 Å². The number of nitrogen functional groups attached to an aromatic ring is 1. The fourth-order valence-electron chi connectivity index (χ4n) is 1.91. The van der Waals surface area contributed by atoms with Crippen molar-refractivity contribution in [1.82, 2.24) is 9.97 Å². The van der Waals surface area contributed by atoms with Gasteiger partial charge in [-0.3, -0.25) is 0 Å². The minimum absolute atomic E-state index is 0.580. The smallest absolute Gasteiger partial charge is 0.145 e. The standard InChI is InChI=1S/C14H13N3O2/c1-18-13-8-9(2-3-11(13)15)19-12-5-7-17-14-10(12)4-6-16-14/h2-8H,15H2,1H3,(H,16,17). The van der Waals surface area contributed by atoms with E-state index < -0.39 is 0 Å². The van der Waals surface area contributed by atoms with E-state index in [0.717, 1.165) is 16.8 Å². The van der Waals surface area contributed by atoms with Crippen molar-refractivity contribution in [2.45, 2.75) is 0 Å². The second kappa shape index (κ2) is 4.53. The molecule has 0 saturated heterocycles. The van der Waals surface area contributed by atoms with Crippen molar-refractivity contribution in [3.63, 3.8) is 0 Å². The molecule has 0 aliphatic rings. The third-order valence-electron chi connectivity index (χ3n) is 2.85. The molecule has 3 N–H and O–H groups in total. The summed E-state index contributed by atoms with van der Waals surface area (Å²) < 4.78 is 11.0. The number of nitrogens with two attached hydrogens (primary N) is 1. The highest BCUT2D eigenvalue weighted by Gasteiger charge is 2.07. The van der Waals surface area contributed by atoms with Crippen molar-refractivity contribution < 1.29 is 9.47 Å². The number of fused-ring (bicyclic) bond motifs is 1. The lowest BCUT2D eigenvalue weighted by Gasteiger charge is -2.09. The highest BCUT2D eigenvalue weighted by atomic mass is 16.5. The van der Waals surface area contributed by atoms with Gasteiger partial charge >= 0.3 is 0 Å².